The molecule has 132 valence electrons. The molecule has 5 heteroatoms. The van der Waals surface area contributed by atoms with E-state index < -0.39 is 0 Å². The Balaban J connectivity index is 1.90. The minimum absolute atomic E-state index is 0.475. The van der Waals surface area contributed by atoms with Gasteiger partial charge in [0, 0.05) is 24.5 Å². The maximum Gasteiger partial charge on any atom is 0.191 e. The lowest BCUT2D eigenvalue weighted by atomic mass is 10.1. The smallest absolute Gasteiger partial charge is 0.191 e. The molecular weight excluding hydrogens is 328 g/mol. The quantitative estimate of drug-likeness (QED) is 0.456. The van der Waals surface area contributed by atoms with Gasteiger partial charge in [0.05, 0.1) is 6.21 Å². The highest BCUT2D eigenvalue weighted by Crippen LogP contribution is 2.16. The second-order valence-electron chi connectivity index (χ2n) is 5.91. The first-order valence-electron chi connectivity index (χ1n) is 8.55. The summed E-state index contributed by atoms with van der Waals surface area (Å²) >= 11 is 5.29. The average molecular weight is 355 g/mol. The highest BCUT2D eigenvalue weighted by molar-refractivity contribution is 7.80. The monoisotopic (exact) mass is 354 g/mol. The van der Waals surface area contributed by atoms with Crippen LogP contribution in [0.4, 0.5) is 11.4 Å². The Labute approximate surface area is 155 Å². The number of rotatable bonds is 6. The minimum atomic E-state index is 0.475. The van der Waals surface area contributed by atoms with E-state index >= 15 is 0 Å². The molecule has 25 heavy (non-hydrogen) atoms. The molecular formula is C20H26N4S. The Hall–Kier alpha value is -2.40. The lowest BCUT2D eigenvalue weighted by molar-refractivity contribution is 0.866. The van der Waals surface area contributed by atoms with E-state index in [4.69, 9.17) is 12.2 Å². The number of thiocarbonyl (C=S) groups is 1. The van der Waals surface area contributed by atoms with Crippen molar-refractivity contribution >= 4 is 34.9 Å². The molecule has 0 fully saturated rings. The van der Waals surface area contributed by atoms with Gasteiger partial charge in [-0.05, 0) is 69.2 Å². The third-order valence-corrected chi connectivity index (χ3v) is 4.22. The Morgan fingerprint density at radius 3 is 2.36 bits per heavy atom. The van der Waals surface area contributed by atoms with E-state index in [1.165, 1.54) is 11.3 Å². The molecule has 2 rings (SSSR count). The van der Waals surface area contributed by atoms with Gasteiger partial charge in [0.1, 0.15) is 0 Å². The number of hydrogen-bond acceptors (Lipinski definition) is 3. The van der Waals surface area contributed by atoms with E-state index in [0.717, 1.165) is 29.9 Å². The van der Waals surface area contributed by atoms with Crippen molar-refractivity contribution in [1.29, 1.82) is 0 Å². The number of anilines is 2. The first kappa shape index (κ1) is 18.9. The molecule has 0 aliphatic carbocycles. The fourth-order valence-electron chi connectivity index (χ4n) is 2.63. The van der Waals surface area contributed by atoms with Crippen LogP contribution in [0.5, 0.6) is 0 Å². The average Bonchev–Trinajstić information content (AvgIpc) is 2.60. The molecule has 0 radical (unpaired) electrons. The zero-order valence-electron chi connectivity index (χ0n) is 15.3. The largest absolute Gasteiger partial charge is 0.372 e. The number of aryl methyl sites for hydroxylation is 2. The van der Waals surface area contributed by atoms with E-state index in [-0.39, 0.29) is 0 Å². The van der Waals surface area contributed by atoms with Gasteiger partial charge >= 0.3 is 0 Å². The molecule has 0 spiro atoms. The third kappa shape index (κ3) is 5.57. The summed E-state index contributed by atoms with van der Waals surface area (Å²) in [7, 11) is 0. The van der Waals surface area contributed by atoms with Gasteiger partial charge in [-0.15, -0.1) is 0 Å². The summed E-state index contributed by atoms with van der Waals surface area (Å²) in [4.78, 5) is 2.31. The van der Waals surface area contributed by atoms with Crippen LogP contribution in [0.15, 0.2) is 47.6 Å². The molecule has 0 unspecified atom stereocenters. The van der Waals surface area contributed by atoms with Gasteiger partial charge in [0.25, 0.3) is 0 Å². The number of nitrogens with zero attached hydrogens (tertiary/aromatic N) is 2. The Bertz CT molecular complexity index is 734. The van der Waals surface area contributed by atoms with Gasteiger partial charge in [-0.2, -0.15) is 5.10 Å². The number of nitrogens with one attached hydrogen (secondary N) is 2. The Kier molecular flexibility index (Phi) is 6.95. The molecule has 0 atom stereocenters. The van der Waals surface area contributed by atoms with Crippen LogP contribution in [-0.4, -0.2) is 24.4 Å². The van der Waals surface area contributed by atoms with Crippen molar-refractivity contribution in [2.45, 2.75) is 27.7 Å². The number of hydrogen-bond donors (Lipinski definition) is 2. The second-order valence-corrected chi connectivity index (χ2v) is 6.31. The predicted molar refractivity (Wildman–Crippen MR) is 113 cm³/mol. The maximum absolute atomic E-state index is 5.29. The van der Waals surface area contributed by atoms with E-state index in [1.807, 2.05) is 6.07 Å². The Morgan fingerprint density at radius 1 is 1.08 bits per heavy atom. The highest BCUT2D eigenvalue weighted by atomic mass is 32.1. The number of hydrazone groups is 1. The zero-order chi connectivity index (χ0) is 18.2. The lowest BCUT2D eigenvalue weighted by Gasteiger charge is -2.20. The molecule has 0 saturated heterocycles. The van der Waals surface area contributed by atoms with Gasteiger partial charge in [-0.3, -0.25) is 5.43 Å². The topological polar surface area (TPSA) is 39.7 Å². The molecule has 0 aliphatic rings. The molecule has 2 aromatic carbocycles. The summed E-state index contributed by atoms with van der Waals surface area (Å²) in [6, 6.07) is 14.5. The van der Waals surface area contributed by atoms with Gasteiger partial charge in [0.15, 0.2) is 5.11 Å². The van der Waals surface area contributed by atoms with Crippen LogP contribution in [0.2, 0.25) is 0 Å². The van der Waals surface area contributed by atoms with Crippen molar-refractivity contribution in [3.05, 3.63) is 59.2 Å². The molecule has 0 saturated carbocycles. The normalized spacial score (nSPS) is 10.7. The van der Waals surface area contributed by atoms with Gasteiger partial charge < -0.3 is 10.2 Å². The van der Waals surface area contributed by atoms with Crippen molar-refractivity contribution in [3.8, 4) is 0 Å². The SMILES string of the molecule is CCN(CC)c1ccc(C=NNC(=S)Nc2ccc(C)cc2C)cc1. The first-order valence-corrected chi connectivity index (χ1v) is 8.96. The summed E-state index contributed by atoms with van der Waals surface area (Å²) in [6.07, 6.45) is 1.77. The summed E-state index contributed by atoms with van der Waals surface area (Å²) < 4.78 is 0. The van der Waals surface area contributed by atoms with Crippen molar-refractivity contribution in [3.63, 3.8) is 0 Å². The van der Waals surface area contributed by atoms with Crippen molar-refractivity contribution in [2.24, 2.45) is 5.10 Å². The fraction of sp³-hybridized carbons (Fsp3) is 0.300. The minimum Gasteiger partial charge on any atom is -0.372 e. The summed E-state index contributed by atoms with van der Waals surface area (Å²) in [5.41, 5.74) is 8.48. The molecule has 2 N–H and O–H groups in total. The van der Waals surface area contributed by atoms with E-state index in [1.54, 1.807) is 6.21 Å². The standard InChI is InChI=1S/C20H26N4S/c1-5-24(6-2)18-10-8-17(9-11-18)14-21-23-20(25)22-19-12-7-15(3)13-16(19)4/h7-14H,5-6H2,1-4H3,(H2,22,23,25). The van der Waals surface area contributed by atoms with Crippen molar-refractivity contribution in [2.75, 3.05) is 23.3 Å². The number of benzene rings is 2. The molecule has 0 amide bonds. The maximum atomic E-state index is 5.29. The van der Waals surface area contributed by atoms with E-state index in [9.17, 15) is 0 Å². The van der Waals surface area contributed by atoms with Crippen molar-refractivity contribution < 1.29 is 0 Å². The van der Waals surface area contributed by atoms with Crippen LogP contribution in [0.3, 0.4) is 0 Å². The molecule has 0 heterocycles. The van der Waals surface area contributed by atoms with E-state index in [2.05, 4.69) is 84.8 Å². The molecule has 0 aliphatic heterocycles. The second kappa shape index (κ2) is 9.18. The first-order chi connectivity index (χ1) is 12.0. The van der Waals surface area contributed by atoms with Crippen LogP contribution in [-0.2, 0) is 0 Å². The molecule has 0 bridgehead atoms. The van der Waals surface area contributed by atoms with Crippen LogP contribution >= 0.6 is 12.2 Å². The third-order valence-electron chi connectivity index (χ3n) is 4.03. The fourth-order valence-corrected chi connectivity index (χ4v) is 2.79. The van der Waals surface area contributed by atoms with Crippen LogP contribution in [0.25, 0.3) is 0 Å². The van der Waals surface area contributed by atoms with Gasteiger partial charge in [-0.25, -0.2) is 0 Å². The summed E-state index contributed by atoms with van der Waals surface area (Å²) in [5, 5.41) is 7.85. The van der Waals surface area contributed by atoms with Crippen molar-refractivity contribution in [1.82, 2.24) is 5.43 Å². The lowest BCUT2D eigenvalue weighted by Crippen LogP contribution is -2.24. The molecule has 0 aromatic heterocycles. The van der Waals surface area contributed by atoms with Crippen LogP contribution < -0.4 is 15.6 Å². The van der Waals surface area contributed by atoms with Gasteiger partial charge in [0.2, 0.25) is 0 Å². The molecule has 4 nitrogen and oxygen atoms in total. The van der Waals surface area contributed by atoms with E-state index in [0.29, 0.717) is 5.11 Å². The summed E-state index contributed by atoms with van der Waals surface area (Å²) in [6.45, 7) is 10.5. The predicted octanol–water partition coefficient (Wildman–Crippen LogP) is 4.47. The zero-order valence-corrected chi connectivity index (χ0v) is 16.2. The van der Waals surface area contributed by atoms with Crippen LogP contribution in [0, 0.1) is 13.8 Å². The summed E-state index contributed by atoms with van der Waals surface area (Å²) in [5.74, 6) is 0. The van der Waals surface area contributed by atoms with Crippen LogP contribution in [0.1, 0.15) is 30.5 Å². The highest BCUT2D eigenvalue weighted by Gasteiger charge is 2.01. The van der Waals surface area contributed by atoms with Gasteiger partial charge in [-0.1, -0.05) is 29.8 Å². The Morgan fingerprint density at radius 2 is 1.76 bits per heavy atom. The molecule has 2 aromatic rings.